The molecule has 0 bridgehead atoms. The third-order valence-corrected chi connectivity index (χ3v) is 2.34. The summed E-state index contributed by atoms with van der Waals surface area (Å²) in [6, 6.07) is 5.46. The predicted octanol–water partition coefficient (Wildman–Crippen LogP) is 1.20. The van der Waals surface area contributed by atoms with Crippen molar-refractivity contribution >= 4 is 5.78 Å². The number of rotatable bonds is 6. The predicted molar refractivity (Wildman–Crippen MR) is 60.0 cm³/mol. The van der Waals surface area contributed by atoms with Gasteiger partial charge in [0.2, 0.25) is 0 Å². The minimum Gasteiger partial charge on any atom is -0.497 e. The van der Waals surface area contributed by atoms with Crippen LogP contribution in [0.5, 0.6) is 11.5 Å². The van der Waals surface area contributed by atoms with Gasteiger partial charge in [0.05, 0.1) is 14.2 Å². The molecule has 16 heavy (non-hydrogen) atoms. The molecule has 0 heterocycles. The molecule has 0 saturated carbocycles. The summed E-state index contributed by atoms with van der Waals surface area (Å²) >= 11 is 0. The standard InChI is InChI=1S/C12H16O4/c1-15-11-6-4-9(12(7-11)16-2)3-5-10(14)8-13/h4,6-7,13H,3,5,8H2,1-2H3. The van der Waals surface area contributed by atoms with Crippen LogP contribution in [0.3, 0.4) is 0 Å². The Morgan fingerprint density at radius 1 is 1.31 bits per heavy atom. The molecule has 4 nitrogen and oxygen atoms in total. The second-order valence-corrected chi connectivity index (χ2v) is 3.37. The van der Waals surface area contributed by atoms with Crippen LogP contribution in [0.2, 0.25) is 0 Å². The van der Waals surface area contributed by atoms with Crippen LogP contribution in [0.25, 0.3) is 0 Å². The summed E-state index contributed by atoms with van der Waals surface area (Å²) in [6.45, 7) is -0.404. The molecule has 0 spiro atoms. The van der Waals surface area contributed by atoms with E-state index >= 15 is 0 Å². The summed E-state index contributed by atoms with van der Waals surface area (Å²) < 4.78 is 10.3. The number of ether oxygens (including phenoxy) is 2. The van der Waals surface area contributed by atoms with Gasteiger partial charge in [-0.15, -0.1) is 0 Å². The Bertz CT molecular complexity index is 360. The monoisotopic (exact) mass is 224 g/mol. The van der Waals surface area contributed by atoms with E-state index in [-0.39, 0.29) is 5.78 Å². The smallest absolute Gasteiger partial charge is 0.158 e. The van der Waals surface area contributed by atoms with Crippen LogP contribution in [0, 0.1) is 0 Å². The van der Waals surface area contributed by atoms with Gasteiger partial charge >= 0.3 is 0 Å². The molecule has 0 aliphatic carbocycles. The molecule has 0 radical (unpaired) electrons. The van der Waals surface area contributed by atoms with Gasteiger partial charge in [-0.25, -0.2) is 0 Å². The van der Waals surface area contributed by atoms with Crippen LogP contribution in [-0.2, 0) is 11.2 Å². The highest BCUT2D eigenvalue weighted by Gasteiger charge is 2.07. The summed E-state index contributed by atoms with van der Waals surface area (Å²) in [5.74, 6) is 1.25. The highest BCUT2D eigenvalue weighted by molar-refractivity contribution is 5.79. The number of carbonyl (C=O) groups is 1. The summed E-state index contributed by atoms with van der Waals surface area (Å²) in [5, 5.41) is 8.62. The lowest BCUT2D eigenvalue weighted by Gasteiger charge is -2.09. The number of aryl methyl sites for hydroxylation is 1. The summed E-state index contributed by atoms with van der Waals surface area (Å²) in [4.78, 5) is 11.0. The molecule has 88 valence electrons. The van der Waals surface area contributed by atoms with E-state index in [1.54, 1.807) is 20.3 Å². The van der Waals surface area contributed by atoms with E-state index in [0.717, 1.165) is 5.56 Å². The SMILES string of the molecule is COc1ccc(CCC(=O)CO)c(OC)c1. The second-order valence-electron chi connectivity index (χ2n) is 3.37. The van der Waals surface area contributed by atoms with E-state index < -0.39 is 6.61 Å². The molecular formula is C12H16O4. The third kappa shape index (κ3) is 3.24. The molecule has 1 N–H and O–H groups in total. The molecule has 0 fully saturated rings. The van der Waals surface area contributed by atoms with Crippen LogP contribution in [-0.4, -0.2) is 31.7 Å². The first-order valence-corrected chi connectivity index (χ1v) is 5.04. The molecule has 0 unspecified atom stereocenters. The van der Waals surface area contributed by atoms with Gasteiger partial charge in [0.15, 0.2) is 5.78 Å². The zero-order chi connectivity index (χ0) is 12.0. The maximum atomic E-state index is 11.0. The molecular weight excluding hydrogens is 208 g/mol. The highest BCUT2D eigenvalue weighted by Crippen LogP contribution is 2.25. The quantitative estimate of drug-likeness (QED) is 0.788. The van der Waals surface area contributed by atoms with Gasteiger partial charge in [0, 0.05) is 12.5 Å². The molecule has 0 saturated heterocycles. The maximum absolute atomic E-state index is 11.0. The Morgan fingerprint density at radius 3 is 2.62 bits per heavy atom. The number of benzene rings is 1. The molecule has 0 atom stereocenters. The van der Waals surface area contributed by atoms with Crippen molar-refractivity contribution in [2.45, 2.75) is 12.8 Å². The van der Waals surface area contributed by atoms with Crippen molar-refractivity contribution in [1.82, 2.24) is 0 Å². The normalized spacial score (nSPS) is 9.94. The summed E-state index contributed by atoms with van der Waals surface area (Å²) in [7, 11) is 3.16. The molecule has 0 amide bonds. The van der Waals surface area contributed by atoms with Crippen molar-refractivity contribution in [3.63, 3.8) is 0 Å². The molecule has 0 aliphatic heterocycles. The van der Waals surface area contributed by atoms with Crippen molar-refractivity contribution in [1.29, 1.82) is 0 Å². The fraction of sp³-hybridized carbons (Fsp3) is 0.417. The third-order valence-electron chi connectivity index (χ3n) is 2.34. The summed E-state index contributed by atoms with van der Waals surface area (Å²) in [6.07, 6.45) is 0.881. The fourth-order valence-corrected chi connectivity index (χ4v) is 1.41. The van der Waals surface area contributed by atoms with Gasteiger partial charge in [-0.3, -0.25) is 4.79 Å². The van der Waals surface area contributed by atoms with Gasteiger partial charge in [0.25, 0.3) is 0 Å². The van der Waals surface area contributed by atoms with Crippen LogP contribution >= 0.6 is 0 Å². The van der Waals surface area contributed by atoms with Crippen molar-refractivity contribution in [3.8, 4) is 11.5 Å². The Kier molecular flexibility index (Phi) is 4.79. The van der Waals surface area contributed by atoms with E-state index in [2.05, 4.69) is 0 Å². The number of aliphatic hydroxyl groups excluding tert-OH is 1. The number of hydrogen-bond donors (Lipinski definition) is 1. The van der Waals surface area contributed by atoms with Crippen molar-refractivity contribution in [3.05, 3.63) is 23.8 Å². The van der Waals surface area contributed by atoms with E-state index in [1.165, 1.54) is 0 Å². The molecule has 4 heteroatoms. The van der Waals surface area contributed by atoms with Crippen LogP contribution in [0.1, 0.15) is 12.0 Å². The largest absolute Gasteiger partial charge is 0.497 e. The zero-order valence-corrected chi connectivity index (χ0v) is 9.53. The molecule has 1 aromatic rings. The maximum Gasteiger partial charge on any atom is 0.158 e. The topological polar surface area (TPSA) is 55.8 Å². The Hall–Kier alpha value is -1.55. The number of aliphatic hydroxyl groups is 1. The Labute approximate surface area is 94.8 Å². The van der Waals surface area contributed by atoms with Crippen molar-refractivity contribution in [2.24, 2.45) is 0 Å². The van der Waals surface area contributed by atoms with Gasteiger partial charge in [-0.05, 0) is 18.1 Å². The van der Waals surface area contributed by atoms with E-state index in [0.29, 0.717) is 24.3 Å². The minimum atomic E-state index is -0.404. The van der Waals surface area contributed by atoms with Crippen molar-refractivity contribution < 1.29 is 19.4 Å². The van der Waals surface area contributed by atoms with E-state index in [4.69, 9.17) is 14.6 Å². The molecule has 1 rings (SSSR count). The van der Waals surface area contributed by atoms with Crippen LogP contribution in [0.15, 0.2) is 18.2 Å². The first-order chi connectivity index (χ1) is 7.71. The number of ketones is 1. The number of methoxy groups -OCH3 is 2. The van der Waals surface area contributed by atoms with Gasteiger partial charge < -0.3 is 14.6 Å². The Morgan fingerprint density at radius 2 is 2.06 bits per heavy atom. The first kappa shape index (κ1) is 12.5. The number of Topliss-reactive ketones (excluding diaryl/α,β-unsaturated/α-hetero) is 1. The molecule has 1 aromatic carbocycles. The average molecular weight is 224 g/mol. The summed E-state index contributed by atoms with van der Waals surface area (Å²) in [5.41, 5.74) is 0.935. The lowest BCUT2D eigenvalue weighted by molar-refractivity contribution is -0.121. The van der Waals surface area contributed by atoms with E-state index in [9.17, 15) is 4.79 Å². The Balaban J connectivity index is 2.75. The van der Waals surface area contributed by atoms with Gasteiger partial charge in [0.1, 0.15) is 18.1 Å². The van der Waals surface area contributed by atoms with Crippen molar-refractivity contribution in [2.75, 3.05) is 20.8 Å². The first-order valence-electron chi connectivity index (χ1n) is 5.04. The second kappa shape index (κ2) is 6.12. The fourth-order valence-electron chi connectivity index (χ4n) is 1.41. The minimum absolute atomic E-state index is 0.169. The van der Waals surface area contributed by atoms with Crippen LogP contribution in [0.4, 0.5) is 0 Å². The molecule has 0 aliphatic rings. The average Bonchev–Trinajstić information content (AvgIpc) is 2.35. The number of hydrogen-bond acceptors (Lipinski definition) is 4. The highest BCUT2D eigenvalue weighted by atomic mass is 16.5. The zero-order valence-electron chi connectivity index (χ0n) is 9.53. The van der Waals surface area contributed by atoms with E-state index in [1.807, 2.05) is 12.1 Å². The van der Waals surface area contributed by atoms with Gasteiger partial charge in [-0.2, -0.15) is 0 Å². The number of carbonyl (C=O) groups excluding carboxylic acids is 1. The lowest BCUT2D eigenvalue weighted by Crippen LogP contribution is -2.05. The van der Waals surface area contributed by atoms with Crippen LogP contribution < -0.4 is 9.47 Å². The lowest BCUT2D eigenvalue weighted by atomic mass is 10.1. The van der Waals surface area contributed by atoms with Gasteiger partial charge in [-0.1, -0.05) is 6.07 Å². The molecule has 0 aromatic heterocycles.